The van der Waals surface area contributed by atoms with E-state index >= 15 is 0 Å². The number of anilines is 2. The van der Waals surface area contributed by atoms with E-state index in [9.17, 15) is 5.11 Å². The van der Waals surface area contributed by atoms with Gasteiger partial charge in [0.2, 0.25) is 5.95 Å². The zero-order valence-electron chi connectivity index (χ0n) is 11.7. The third kappa shape index (κ3) is 1.96. The van der Waals surface area contributed by atoms with Gasteiger partial charge in [0.05, 0.1) is 18.5 Å². The van der Waals surface area contributed by atoms with Gasteiger partial charge in [-0.25, -0.2) is 4.98 Å². The molecular formula is C14H18N6O. The van der Waals surface area contributed by atoms with Crippen molar-refractivity contribution in [1.82, 2.24) is 19.5 Å². The van der Waals surface area contributed by atoms with Crippen LogP contribution in [0.5, 0.6) is 0 Å². The van der Waals surface area contributed by atoms with Crippen LogP contribution in [0.3, 0.4) is 0 Å². The molecule has 1 unspecified atom stereocenters. The van der Waals surface area contributed by atoms with Crippen LogP contribution in [0.1, 0.15) is 25.7 Å². The highest BCUT2D eigenvalue weighted by molar-refractivity contribution is 5.84. The van der Waals surface area contributed by atoms with Crippen molar-refractivity contribution in [3.05, 3.63) is 18.5 Å². The van der Waals surface area contributed by atoms with Crippen LogP contribution in [0.2, 0.25) is 0 Å². The van der Waals surface area contributed by atoms with Crippen LogP contribution in [0.4, 0.5) is 11.8 Å². The highest BCUT2D eigenvalue weighted by Crippen LogP contribution is 2.34. The van der Waals surface area contributed by atoms with E-state index in [4.69, 9.17) is 5.73 Å². The van der Waals surface area contributed by atoms with Crippen LogP contribution in [0.25, 0.3) is 11.2 Å². The van der Waals surface area contributed by atoms with Crippen molar-refractivity contribution >= 4 is 22.9 Å². The van der Waals surface area contributed by atoms with Crippen molar-refractivity contribution in [3.8, 4) is 0 Å². The molecule has 0 bridgehead atoms. The Kier molecular flexibility index (Phi) is 2.65. The molecule has 0 aromatic carbocycles. The van der Waals surface area contributed by atoms with Gasteiger partial charge < -0.3 is 20.7 Å². The summed E-state index contributed by atoms with van der Waals surface area (Å²) in [6, 6.07) is 0.464. The van der Waals surface area contributed by atoms with Gasteiger partial charge in [-0.3, -0.25) is 0 Å². The first-order chi connectivity index (χ1) is 10.2. The summed E-state index contributed by atoms with van der Waals surface area (Å²) in [4.78, 5) is 13.1. The number of imidazole rings is 1. The molecule has 0 amide bonds. The first-order valence-electron chi connectivity index (χ1n) is 7.28. The minimum atomic E-state index is -0.466. The summed E-state index contributed by atoms with van der Waals surface area (Å²) in [5.74, 6) is 0.913. The summed E-state index contributed by atoms with van der Waals surface area (Å²) in [6.45, 7) is 0.0181. The molecule has 0 spiro atoms. The predicted octanol–water partition coefficient (Wildman–Crippen LogP) is 1.02. The lowest BCUT2D eigenvalue weighted by Crippen LogP contribution is -2.33. The summed E-state index contributed by atoms with van der Waals surface area (Å²) in [5, 5.41) is 13.2. The number of rotatable bonds is 4. The molecule has 4 N–H and O–H groups in total. The van der Waals surface area contributed by atoms with E-state index < -0.39 is 5.54 Å². The number of aliphatic hydroxyl groups excluding tert-OH is 1. The van der Waals surface area contributed by atoms with Gasteiger partial charge in [-0.2, -0.15) is 9.97 Å². The zero-order valence-corrected chi connectivity index (χ0v) is 11.7. The summed E-state index contributed by atoms with van der Waals surface area (Å²) in [7, 11) is 0. The lowest BCUT2D eigenvalue weighted by molar-refractivity contribution is 0.174. The molecule has 1 atom stereocenters. The molecule has 7 nitrogen and oxygen atoms in total. The van der Waals surface area contributed by atoms with Crippen LogP contribution in [0, 0.1) is 0 Å². The second-order valence-corrected chi connectivity index (χ2v) is 5.84. The predicted molar refractivity (Wildman–Crippen MR) is 79.8 cm³/mol. The molecule has 0 radical (unpaired) electrons. The van der Waals surface area contributed by atoms with E-state index in [1.165, 1.54) is 0 Å². The largest absolute Gasteiger partial charge is 0.394 e. The molecule has 0 saturated heterocycles. The Morgan fingerprint density at radius 3 is 2.95 bits per heavy atom. The number of nitrogens with one attached hydrogen (secondary N) is 1. The second-order valence-electron chi connectivity index (χ2n) is 5.84. The fraction of sp³-hybridized carbons (Fsp3) is 0.500. The molecule has 1 fully saturated rings. The highest BCUT2D eigenvalue weighted by atomic mass is 16.3. The van der Waals surface area contributed by atoms with Gasteiger partial charge >= 0.3 is 0 Å². The monoisotopic (exact) mass is 286 g/mol. The number of aliphatic hydroxyl groups is 1. The number of nitrogen functional groups attached to an aromatic ring is 1. The summed E-state index contributed by atoms with van der Waals surface area (Å²) < 4.78 is 1.92. The van der Waals surface area contributed by atoms with E-state index in [1.807, 2.05) is 10.6 Å². The molecule has 0 aliphatic heterocycles. The number of nitrogens with two attached hydrogens (primary N) is 1. The van der Waals surface area contributed by atoms with Crippen molar-refractivity contribution in [2.24, 2.45) is 0 Å². The van der Waals surface area contributed by atoms with Gasteiger partial charge in [0.1, 0.15) is 0 Å². The number of hydrogen-bond donors (Lipinski definition) is 3. The zero-order chi connectivity index (χ0) is 14.4. The fourth-order valence-electron chi connectivity index (χ4n) is 2.89. The SMILES string of the molecule is Nc1nc(NC2CC2)c2ncn(C3(CO)C=CCC3)c2n1. The molecule has 2 aromatic heterocycles. The minimum Gasteiger partial charge on any atom is -0.394 e. The van der Waals surface area contributed by atoms with Gasteiger partial charge in [-0.1, -0.05) is 12.2 Å². The standard InChI is InChI=1S/C14H18N6O/c15-13-18-11(17-9-3-4-9)10-12(19-13)20(8-16-10)14(7-21)5-1-2-6-14/h1,5,8-9,21H,2-4,6-7H2,(H3,15,17,18,19). The number of allylic oxidation sites excluding steroid dienone is 1. The quantitative estimate of drug-likeness (QED) is 0.725. The van der Waals surface area contributed by atoms with Crippen LogP contribution in [-0.2, 0) is 5.54 Å². The topological polar surface area (TPSA) is 102 Å². The van der Waals surface area contributed by atoms with Crippen LogP contribution in [-0.4, -0.2) is 37.3 Å². The summed E-state index contributed by atoms with van der Waals surface area (Å²) in [6.07, 6.45) is 9.90. The average molecular weight is 286 g/mol. The molecule has 1 saturated carbocycles. The van der Waals surface area contributed by atoms with E-state index in [1.54, 1.807) is 6.33 Å². The third-order valence-electron chi connectivity index (χ3n) is 4.26. The lowest BCUT2D eigenvalue weighted by Gasteiger charge is -2.27. The smallest absolute Gasteiger partial charge is 0.224 e. The van der Waals surface area contributed by atoms with Crippen LogP contribution < -0.4 is 11.1 Å². The Labute approximate surface area is 121 Å². The van der Waals surface area contributed by atoms with Crippen molar-refractivity contribution in [1.29, 1.82) is 0 Å². The molecule has 7 heteroatoms. The maximum Gasteiger partial charge on any atom is 0.224 e. The molecule has 2 heterocycles. The summed E-state index contributed by atoms with van der Waals surface area (Å²) >= 11 is 0. The molecular weight excluding hydrogens is 268 g/mol. The van der Waals surface area contributed by atoms with Gasteiger partial charge in [-0.15, -0.1) is 0 Å². The Hall–Kier alpha value is -2.15. The first-order valence-corrected chi connectivity index (χ1v) is 7.28. The van der Waals surface area contributed by atoms with Crippen molar-refractivity contribution < 1.29 is 5.11 Å². The van der Waals surface area contributed by atoms with Crippen LogP contribution >= 0.6 is 0 Å². The third-order valence-corrected chi connectivity index (χ3v) is 4.26. The Morgan fingerprint density at radius 1 is 1.43 bits per heavy atom. The van der Waals surface area contributed by atoms with E-state index in [0.717, 1.165) is 25.7 Å². The average Bonchev–Trinajstić information content (AvgIpc) is 3.01. The van der Waals surface area contributed by atoms with Gasteiger partial charge in [0, 0.05) is 6.04 Å². The molecule has 2 aromatic rings. The van der Waals surface area contributed by atoms with Gasteiger partial charge in [0.25, 0.3) is 0 Å². The van der Waals surface area contributed by atoms with Crippen LogP contribution in [0.15, 0.2) is 18.5 Å². The maximum atomic E-state index is 9.85. The van der Waals surface area contributed by atoms with Crippen molar-refractivity contribution in [2.75, 3.05) is 17.7 Å². The van der Waals surface area contributed by atoms with E-state index in [2.05, 4.69) is 26.3 Å². The molecule has 4 rings (SSSR count). The Morgan fingerprint density at radius 2 is 2.29 bits per heavy atom. The van der Waals surface area contributed by atoms with E-state index in [0.29, 0.717) is 23.0 Å². The van der Waals surface area contributed by atoms with Crippen molar-refractivity contribution in [2.45, 2.75) is 37.3 Å². The normalized spacial score (nSPS) is 24.8. The number of aromatic nitrogens is 4. The minimum absolute atomic E-state index is 0.0181. The first kappa shape index (κ1) is 12.6. The maximum absolute atomic E-state index is 9.85. The number of hydrogen-bond acceptors (Lipinski definition) is 6. The summed E-state index contributed by atoms with van der Waals surface area (Å²) in [5.41, 5.74) is 6.77. The Balaban J connectivity index is 1.87. The lowest BCUT2D eigenvalue weighted by atomic mass is 10.0. The Bertz CT molecular complexity index is 720. The molecule has 2 aliphatic rings. The van der Waals surface area contributed by atoms with Gasteiger partial charge in [0.15, 0.2) is 17.0 Å². The van der Waals surface area contributed by atoms with Gasteiger partial charge in [-0.05, 0) is 25.7 Å². The fourth-order valence-corrected chi connectivity index (χ4v) is 2.89. The second kappa shape index (κ2) is 4.42. The number of fused-ring (bicyclic) bond motifs is 1. The van der Waals surface area contributed by atoms with E-state index in [-0.39, 0.29) is 12.6 Å². The highest BCUT2D eigenvalue weighted by Gasteiger charge is 2.34. The van der Waals surface area contributed by atoms with Crippen molar-refractivity contribution in [3.63, 3.8) is 0 Å². The molecule has 2 aliphatic carbocycles. The number of nitrogens with zero attached hydrogens (tertiary/aromatic N) is 4. The molecule has 21 heavy (non-hydrogen) atoms. The molecule has 110 valence electrons.